The van der Waals surface area contributed by atoms with E-state index in [1.807, 2.05) is 31.2 Å². The molecule has 0 radical (unpaired) electrons. The van der Waals surface area contributed by atoms with Crippen LogP contribution in [0.15, 0.2) is 42.5 Å². The maximum Gasteiger partial charge on any atom is 0.321 e. The molecule has 1 saturated heterocycles. The van der Waals surface area contributed by atoms with Gasteiger partial charge in [0.25, 0.3) is 0 Å². The van der Waals surface area contributed by atoms with Crippen molar-refractivity contribution >= 4 is 17.4 Å². The van der Waals surface area contributed by atoms with E-state index in [-0.39, 0.29) is 17.9 Å². The summed E-state index contributed by atoms with van der Waals surface area (Å²) in [7, 11) is 1.62. The number of hydrogen-bond acceptors (Lipinski definition) is 3. The number of benzene rings is 2. The fourth-order valence-electron chi connectivity index (χ4n) is 3.19. The molecule has 138 valence electrons. The van der Waals surface area contributed by atoms with Gasteiger partial charge in [0.05, 0.1) is 7.11 Å². The number of carbonyl (C=O) groups is 1. The van der Waals surface area contributed by atoms with E-state index in [0.717, 1.165) is 35.5 Å². The van der Waals surface area contributed by atoms with Crippen molar-refractivity contribution in [3.63, 3.8) is 0 Å². The van der Waals surface area contributed by atoms with Gasteiger partial charge in [0.2, 0.25) is 0 Å². The number of carbonyl (C=O) groups excluding carboxylic acids is 1. The van der Waals surface area contributed by atoms with E-state index in [4.69, 9.17) is 4.74 Å². The molecule has 0 bridgehead atoms. The second-order valence-electron chi connectivity index (χ2n) is 6.55. The van der Waals surface area contributed by atoms with Gasteiger partial charge in [-0.25, -0.2) is 9.18 Å². The monoisotopic (exact) mass is 357 g/mol. The topological polar surface area (TPSA) is 53.6 Å². The molecule has 2 amide bonds. The van der Waals surface area contributed by atoms with Gasteiger partial charge >= 0.3 is 6.03 Å². The molecule has 6 heteroatoms. The molecular formula is C20H24FN3O2. The zero-order chi connectivity index (χ0) is 18.5. The summed E-state index contributed by atoms with van der Waals surface area (Å²) in [6.45, 7) is 3.22. The number of urea groups is 1. The molecule has 1 atom stereocenters. The summed E-state index contributed by atoms with van der Waals surface area (Å²) in [4.78, 5) is 14.4. The number of amides is 2. The first-order valence-corrected chi connectivity index (χ1v) is 8.78. The van der Waals surface area contributed by atoms with E-state index < -0.39 is 0 Å². The van der Waals surface area contributed by atoms with Gasteiger partial charge in [-0.2, -0.15) is 0 Å². The number of ether oxygens (including phenoxy) is 1. The van der Waals surface area contributed by atoms with Gasteiger partial charge in [-0.1, -0.05) is 6.07 Å². The molecule has 1 aliphatic heterocycles. The van der Waals surface area contributed by atoms with Crippen molar-refractivity contribution in [3.05, 3.63) is 53.8 Å². The van der Waals surface area contributed by atoms with Crippen molar-refractivity contribution < 1.29 is 13.9 Å². The summed E-state index contributed by atoms with van der Waals surface area (Å²) in [5.41, 5.74) is 2.46. The second-order valence-corrected chi connectivity index (χ2v) is 6.55. The normalized spacial score (nSPS) is 16.9. The molecule has 2 N–H and O–H groups in total. The Labute approximate surface area is 153 Å². The lowest BCUT2D eigenvalue weighted by atomic mass is 10.1. The summed E-state index contributed by atoms with van der Waals surface area (Å²) in [5, 5.41) is 6.29. The van der Waals surface area contributed by atoms with Crippen molar-refractivity contribution in [1.29, 1.82) is 0 Å². The van der Waals surface area contributed by atoms with Crippen molar-refractivity contribution in [2.24, 2.45) is 0 Å². The maximum absolute atomic E-state index is 13.3. The first-order chi connectivity index (χ1) is 12.5. The Bertz CT molecular complexity index is 781. The van der Waals surface area contributed by atoms with Crippen LogP contribution in [0.4, 0.5) is 20.6 Å². The largest absolute Gasteiger partial charge is 0.497 e. The third-order valence-corrected chi connectivity index (χ3v) is 4.58. The lowest BCUT2D eigenvalue weighted by Gasteiger charge is -2.33. The Kier molecular flexibility index (Phi) is 5.61. The molecule has 1 unspecified atom stereocenters. The van der Waals surface area contributed by atoms with Crippen LogP contribution in [0.25, 0.3) is 0 Å². The van der Waals surface area contributed by atoms with Gasteiger partial charge in [0.15, 0.2) is 0 Å². The van der Waals surface area contributed by atoms with Crippen LogP contribution in [0.3, 0.4) is 0 Å². The van der Waals surface area contributed by atoms with Crippen molar-refractivity contribution in [2.45, 2.75) is 25.8 Å². The highest BCUT2D eigenvalue weighted by Gasteiger charge is 2.24. The molecule has 2 aromatic carbocycles. The molecule has 1 heterocycles. The van der Waals surface area contributed by atoms with Crippen LogP contribution in [0.2, 0.25) is 0 Å². The second kappa shape index (κ2) is 8.08. The average molecular weight is 357 g/mol. The number of nitrogens with zero attached hydrogens (tertiary/aromatic N) is 1. The standard InChI is InChI=1S/C20H24FN3O2/c1-14-11-18(26-2)8-9-19(14)23-20(25)24-10-4-7-17(13-24)22-16-6-3-5-15(21)12-16/h3,5-6,8-9,11-12,17,22H,4,7,10,13H2,1-2H3,(H,23,25). The number of rotatable bonds is 4. The van der Waals surface area contributed by atoms with Gasteiger partial charge in [-0.05, 0) is 61.7 Å². The molecule has 26 heavy (non-hydrogen) atoms. The number of aryl methyl sites for hydroxylation is 1. The van der Waals surface area contributed by atoms with Crippen LogP contribution in [-0.4, -0.2) is 37.2 Å². The first kappa shape index (κ1) is 18.0. The van der Waals surface area contributed by atoms with Crippen LogP contribution < -0.4 is 15.4 Å². The van der Waals surface area contributed by atoms with Crippen LogP contribution in [0.1, 0.15) is 18.4 Å². The zero-order valence-corrected chi connectivity index (χ0v) is 15.1. The van der Waals surface area contributed by atoms with Crippen LogP contribution >= 0.6 is 0 Å². The Balaban J connectivity index is 1.61. The highest BCUT2D eigenvalue weighted by Crippen LogP contribution is 2.22. The zero-order valence-electron chi connectivity index (χ0n) is 15.1. The van der Waals surface area contributed by atoms with Gasteiger partial charge in [-0.15, -0.1) is 0 Å². The minimum atomic E-state index is -0.268. The third-order valence-electron chi connectivity index (χ3n) is 4.58. The lowest BCUT2D eigenvalue weighted by Crippen LogP contribution is -2.46. The number of halogens is 1. The quantitative estimate of drug-likeness (QED) is 0.860. The molecular weight excluding hydrogens is 333 g/mol. The number of nitrogens with one attached hydrogen (secondary N) is 2. The summed E-state index contributed by atoms with van der Waals surface area (Å²) in [6, 6.07) is 12.0. The fourth-order valence-corrected chi connectivity index (χ4v) is 3.19. The van der Waals surface area contributed by atoms with E-state index in [1.165, 1.54) is 12.1 Å². The highest BCUT2D eigenvalue weighted by molar-refractivity contribution is 5.90. The third kappa shape index (κ3) is 4.45. The Morgan fingerprint density at radius 1 is 1.27 bits per heavy atom. The van der Waals surface area contributed by atoms with E-state index in [0.29, 0.717) is 13.1 Å². The Morgan fingerprint density at radius 3 is 2.85 bits per heavy atom. The summed E-state index contributed by atoms with van der Waals surface area (Å²) < 4.78 is 18.5. The van der Waals surface area contributed by atoms with Gasteiger partial charge in [0.1, 0.15) is 11.6 Å². The van der Waals surface area contributed by atoms with E-state index in [9.17, 15) is 9.18 Å². The molecule has 5 nitrogen and oxygen atoms in total. The van der Waals surface area contributed by atoms with Crippen LogP contribution in [0, 0.1) is 12.7 Å². The van der Waals surface area contributed by atoms with Gasteiger partial charge in [0, 0.05) is 30.5 Å². The molecule has 1 aliphatic rings. The number of anilines is 2. The Morgan fingerprint density at radius 2 is 2.12 bits per heavy atom. The predicted molar refractivity (Wildman–Crippen MR) is 101 cm³/mol. The smallest absolute Gasteiger partial charge is 0.321 e. The minimum Gasteiger partial charge on any atom is -0.497 e. The first-order valence-electron chi connectivity index (χ1n) is 8.78. The molecule has 0 aromatic heterocycles. The molecule has 0 spiro atoms. The summed E-state index contributed by atoms with van der Waals surface area (Å²) >= 11 is 0. The maximum atomic E-state index is 13.3. The van der Waals surface area contributed by atoms with Gasteiger partial charge < -0.3 is 20.3 Å². The SMILES string of the molecule is COc1ccc(NC(=O)N2CCCC(Nc3cccc(F)c3)C2)c(C)c1. The molecule has 0 aliphatic carbocycles. The lowest BCUT2D eigenvalue weighted by molar-refractivity contribution is 0.196. The summed E-state index contributed by atoms with van der Waals surface area (Å²) in [6.07, 6.45) is 1.85. The molecule has 2 aromatic rings. The van der Waals surface area contributed by atoms with Crippen LogP contribution in [0.5, 0.6) is 5.75 Å². The summed E-state index contributed by atoms with van der Waals surface area (Å²) in [5.74, 6) is 0.494. The van der Waals surface area contributed by atoms with Crippen molar-refractivity contribution in [3.8, 4) is 5.75 Å². The number of piperidine rings is 1. The molecule has 3 rings (SSSR count). The molecule has 1 fully saturated rings. The van der Waals surface area contributed by atoms with Gasteiger partial charge in [-0.3, -0.25) is 0 Å². The fraction of sp³-hybridized carbons (Fsp3) is 0.350. The minimum absolute atomic E-state index is 0.105. The molecule has 0 saturated carbocycles. The van der Waals surface area contributed by atoms with E-state index in [1.54, 1.807) is 18.1 Å². The average Bonchev–Trinajstić information content (AvgIpc) is 2.63. The number of likely N-dealkylation sites (tertiary alicyclic amines) is 1. The number of hydrogen-bond donors (Lipinski definition) is 2. The van der Waals surface area contributed by atoms with E-state index in [2.05, 4.69) is 10.6 Å². The van der Waals surface area contributed by atoms with Crippen molar-refractivity contribution in [2.75, 3.05) is 30.8 Å². The predicted octanol–water partition coefficient (Wildman–Crippen LogP) is 4.25. The number of methoxy groups -OCH3 is 1. The van der Waals surface area contributed by atoms with Crippen LogP contribution in [-0.2, 0) is 0 Å². The Hall–Kier alpha value is -2.76. The van der Waals surface area contributed by atoms with E-state index >= 15 is 0 Å². The van der Waals surface area contributed by atoms with Crippen molar-refractivity contribution in [1.82, 2.24) is 4.90 Å². The highest BCUT2D eigenvalue weighted by atomic mass is 19.1.